The molecular formula is C7H6BrClN2O2. The second-order valence-electron chi connectivity index (χ2n) is 2.34. The second kappa shape index (κ2) is 4.04. The molecule has 0 aliphatic heterocycles. The van der Waals surface area contributed by atoms with Crippen LogP contribution < -0.4 is 5.73 Å². The van der Waals surface area contributed by atoms with Gasteiger partial charge in [0.2, 0.25) is 0 Å². The van der Waals surface area contributed by atoms with E-state index < -0.39 is 12.0 Å². The van der Waals surface area contributed by atoms with Gasteiger partial charge in [-0.15, -0.1) is 0 Å². The van der Waals surface area contributed by atoms with E-state index in [1.54, 1.807) is 6.07 Å². The monoisotopic (exact) mass is 264 g/mol. The Labute approximate surface area is 87.8 Å². The van der Waals surface area contributed by atoms with E-state index in [9.17, 15) is 4.79 Å². The molecule has 0 spiro atoms. The van der Waals surface area contributed by atoms with E-state index >= 15 is 0 Å². The molecular weight excluding hydrogens is 259 g/mol. The van der Waals surface area contributed by atoms with Gasteiger partial charge < -0.3 is 10.8 Å². The minimum atomic E-state index is -1.13. The van der Waals surface area contributed by atoms with E-state index in [0.717, 1.165) is 0 Å². The van der Waals surface area contributed by atoms with Crippen LogP contribution in [-0.2, 0) is 4.79 Å². The molecule has 13 heavy (non-hydrogen) atoms. The lowest BCUT2D eigenvalue weighted by Crippen LogP contribution is -2.22. The molecule has 0 aliphatic rings. The van der Waals surface area contributed by atoms with Crippen LogP contribution in [0, 0.1) is 0 Å². The number of hydrogen-bond acceptors (Lipinski definition) is 3. The van der Waals surface area contributed by atoms with Crippen molar-refractivity contribution in [2.75, 3.05) is 0 Å². The van der Waals surface area contributed by atoms with Gasteiger partial charge in [0.25, 0.3) is 0 Å². The maximum atomic E-state index is 10.5. The summed E-state index contributed by atoms with van der Waals surface area (Å²) < 4.78 is 0.495. The van der Waals surface area contributed by atoms with E-state index in [-0.39, 0.29) is 5.69 Å². The van der Waals surface area contributed by atoms with Crippen molar-refractivity contribution >= 4 is 33.5 Å². The molecule has 0 aromatic carbocycles. The van der Waals surface area contributed by atoms with Gasteiger partial charge in [-0.2, -0.15) is 0 Å². The van der Waals surface area contributed by atoms with Crippen LogP contribution in [0.4, 0.5) is 0 Å². The van der Waals surface area contributed by atoms with Crippen LogP contribution in [0.25, 0.3) is 0 Å². The van der Waals surface area contributed by atoms with Crippen molar-refractivity contribution in [1.82, 2.24) is 4.98 Å². The van der Waals surface area contributed by atoms with Crippen molar-refractivity contribution in [2.24, 2.45) is 5.73 Å². The molecule has 4 nitrogen and oxygen atoms in total. The van der Waals surface area contributed by atoms with E-state index in [2.05, 4.69) is 20.9 Å². The van der Waals surface area contributed by atoms with Crippen molar-refractivity contribution < 1.29 is 9.90 Å². The van der Waals surface area contributed by atoms with Gasteiger partial charge in [-0.05, 0) is 22.0 Å². The van der Waals surface area contributed by atoms with E-state index in [1.807, 2.05) is 0 Å². The summed E-state index contributed by atoms with van der Waals surface area (Å²) in [5, 5.41) is 9.03. The fourth-order valence-electron chi connectivity index (χ4n) is 0.771. The lowest BCUT2D eigenvalue weighted by Gasteiger charge is -2.07. The molecule has 1 aromatic rings. The molecule has 0 saturated heterocycles. The SMILES string of the molecule is N[C@@H](C(=O)O)c1ncc(Cl)cc1Br. The van der Waals surface area contributed by atoms with E-state index in [1.165, 1.54) is 6.20 Å². The molecule has 0 bridgehead atoms. The van der Waals surface area contributed by atoms with Gasteiger partial charge in [-0.25, -0.2) is 0 Å². The van der Waals surface area contributed by atoms with Crippen molar-refractivity contribution in [3.63, 3.8) is 0 Å². The molecule has 0 aliphatic carbocycles. The standard InChI is InChI=1S/C7H6BrClN2O2/c8-4-1-3(9)2-11-6(4)5(10)7(12)13/h1-2,5H,10H2,(H,12,13)/t5-/m1/s1. The molecule has 0 saturated carbocycles. The second-order valence-corrected chi connectivity index (χ2v) is 3.63. The van der Waals surface area contributed by atoms with Gasteiger partial charge in [-0.1, -0.05) is 11.6 Å². The van der Waals surface area contributed by atoms with E-state index in [4.69, 9.17) is 22.4 Å². The maximum absolute atomic E-state index is 10.5. The van der Waals surface area contributed by atoms with Crippen LogP contribution in [0.3, 0.4) is 0 Å². The summed E-state index contributed by atoms with van der Waals surface area (Å²) >= 11 is 8.75. The number of aliphatic carboxylic acids is 1. The Kier molecular flexibility index (Phi) is 3.24. The zero-order valence-electron chi connectivity index (χ0n) is 6.37. The number of nitrogens with zero attached hydrogens (tertiary/aromatic N) is 1. The van der Waals surface area contributed by atoms with Crippen LogP contribution >= 0.6 is 27.5 Å². The maximum Gasteiger partial charge on any atom is 0.326 e. The van der Waals surface area contributed by atoms with Gasteiger partial charge in [0.05, 0.1) is 10.7 Å². The zero-order chi connectivity index (χ0) is 10.0. The fourth-order valence-corrected chi connectivity index (χ4v) is 1.66. The third-order valence-electron chi connectivity index (χ3n) is 1.40. The van der Waals surface area contributed by atoms with Gasteiger partial charge >= 0.3 is 5.97 Å². The first kappa shape index (κ1) is 10.4. The molecule has 1 heterocycles. The first-order chi connectivity index (χ1) is 6.02. The topological polar surface area (TPSA) is 76.2 Å². The Morgan fingerprint density at radius 2 is 2.38 bits per heavy atom. The van der Waals surface area contributed by atoms with Gasteiger partial charge in [-0.3, -0.25) is 9.78 Å². The summed E-state index contributed by atoms with van der Waals surface area (Å²) in [7, 11) is 0. The number of aromatic nitrogens is 1. The summed E-state index contributed by atoms with van der Waals surface area (Å²) in [6, 6.07) is 0.416. The largest absolute Gasteiger partial charge is 0.480 e. The van der Waals surface area contributed by atoms with E-state index in [0.29, 0.717) is 9.50 Å². The Morgan fingerprint density at radius 1 is 1.77 bits per heavy atom. The highest BCUT2D eigenvalue weighted by molar-refractivity contribution is 9.10. The predicted molar refractivity (Wildman–Crippen MR) is 51.5 cm³/mol. The number of hydrogen-bond donors (Lipinski definition) is 2. The predicted octanol–water partition coefficient (Wildman–Crippen LogP) is 1.58. The van der Waals surface area contributed by atoms with Crippen LogP contribution in [0.2, 0.25) is 5.02 Å². The van der Waals surface area contributed by atoms with Crippen LogP contribution in [0.5, 0.6) is 0 Å². The van der Waals surface area contributed by atoms with Crippen LogP contribution in [-0.4, -0.2) is 16.1 Å². The number of carboxylic acid groups (broad SMARTS) is 1. The Morgan fingerprint density at radius 3 is 2.85 bits per heavy atom. The number of halogens is 2. The Balaban J connectivity index is 3.08. The third-order valence-corrected chi connectivity index (χ3v) is 2.24. The molecule has 6 heteroatoms. The first-order valence-corrected chi connectivity index (χ1v) is 4.49. The molecule has 0 amide bonds. The molecule has 70 valence electrons. The average molecular weight is 265 g/mol. The Hall–Kier alpha value is -0.650. The quantitative estimate of drug-likeness (QED) is 0.851. The molecule has 1 rings (SSSR count). The molecule has 1 atom stereocenters. The zero-order valence-corrected chi connectivity index (χ0v) is 8.71. The smallest absolute Gasteiger partial charge is 0.326 e. The van der Waals surface area contributed by atoms with Crippen molar-refractivity contribution in [3.05, 3.63) is 27.5 Å². The number of carboxylic acids is 1. The molecule has 1 aromatic heterocycles. The normalized spacial score (nSPS) is 12.5. The lowest BCUT2D eigenvalue weighted by atomic mass is 10.2. The van der Waals surface area contributed by atoms with Gasteiger partial charge in [0.15, 0.2) is 0 Å². The van der Waals surface area contributed by atoms with Crippen molar-refractivity contribution in [1.29, 1.82) is 0 Å². The summed E-state index contributed by atoms with van der Waals surface area (Å²) in [6.07, 6.45) is 1.35. The minimum Gasteiger partial charge on any atom is -0.480 e. The van der Waals surface area contributed by atoms with Crippen molar-refractivity contribution in [2.45, 2.75) is 6.04 Å². The number of carbonyl (C=O) groups is 1. The molecule has 0 unspecified atom stereocenters. The van der Waals surface area contributed by atoms with Crippen LogP contribution in [0.1, 0.15) is 11.7 Å². The summed E-state index contributed by atoms with van der Waals surface area (Å²) in [6.45, 7) is 0. The molecule has 0 fully saturated rings. The molecule has 3 N–H and O–H groups in total. The minimum absolute atomic E-state index is 0.261. The number of rotatable bonds is 2. The van der Waals surface area contributed by atoms with Gasteiger partial charge in [0, 0.05) is 10.7 Å². The summed E-state index contributed by atoms with van der Waals surface area (Å²) in [5.41, 5.74) is 5.61. The number of nitrogens with two attached hydrogens (primary N) is 1. The summed E-state index contributed by atoms with van der Waals surface area (Å²) in [4.78, 5) is 14.3. The van der Waals surface area contributed by atoms with Gasteiger partial charge in [0.1, 0.15) is 6.04 Å². The summed E-state index contributed by atoms with van der Waals surface area (Å²) in [5.74, 6) is -1.13. The average Bonchev–Trinajstić information content (AvgIpc) is 2.03. The lowest BCUT2D eigenvalue weighted by molar-refractivity contribution is -0.138. The molecule has 0 radical (unpaired) electrons. The highest BCUT2D eigenvalue weighted by Crippen LogP contribution is 2.23. The fraction of sp³-hybridized carbons (Fsp3) is 0.143. The highest BCUT2D eigenvalue weighted by atomic mass is 79.9. The van der Waals surface area contributed by atoms with Crippen LogP contribution in [0.15, 0.2) is 16.7 Å². The highest BCUT2D eigenvalue weighted by Gasteiger charge is 2.18. The van der Waals surface area contributed by atoms with Crippen molar-refractivity contribution in [3.8, 4) is 0 Å². The Bertz CT molecular complexity index is 345. The third kappa shape index (κ3) is 2.40. The first-order valence-electron chi connectivity index (χ1n) is 3.31. The number of pyridine rings is 1.